The number of fused-ring (bicyclic) bond motifs is 3. The Bertz CT molecular complexity index is 1300. The predicted molar refractivity (Wildman–Crippen MR) is 135 cm³/mol. The fraction of sp³-hybridized carbons (Fsp3) is 0.125. The number of benzene rings is 4. The first kappa shape index (κ1) is 19.1. The van der Waals surface area contributed by atoms with Gasteiger partial charge in [0, 0.05) is 0 Å². The van der Waals surface area contributed by atoms with Crippen LogP contribution in [0.3, 0.4) is 0 Å². The fourth-order valence-electron chi connectivity index (χ4n) is 5.66. The molecule has 0 spiro atoms. The normalized spacial score (nSPS) is 18.0. The molecule has 4 aromatic carbocycles. The largest absolute Gasteiger partial charge is 0.0808 e. The molecule has 0 aliphatic heterocycles. The molecule has 0 N–H and O–H groups in total. The Morgan fingerprint density at radius 3 is 1.88 bits per heavy atom. The second kappa shape index (κ2) is 7.50. The molecule has 0 radical (unpaired) electrons. The minimum absolute atomic E-state index is 0.323. The van der Waals surface area contributed by atoms with Gasteiger partial charge < -0.3 is 0 Å². The molecule has 0 heterocycles. The van der Waals surface area contributed by atoms with Gasteiger partial charge in [0.2, 0.25) is 0 Å². The molecule has 0 unspecified atom stereocenters. The average Bonchev–Trinajstić information content (AvgIpc) is 3.17. The van der Waals surface area contributed by atoms with Crippen molar-refractivity contribution in [1.82, 2.24) is 0 Å². The molecule has 154 valence electrons. The Labute approximate surface area is 190 Å². The van der Waals surface area contributed by atoms with E-state index < -0.39 is 0 Å². The second-order valence-corrected chi connectivity index (χ2v) is 8.99. The van der Waals surface area contributed by atoms with Crippen molar-refractivity contribution in [3.8, 4) is 11.1 Å². The van der Waals surface area contributed by atoms with Crippen molar-refractivity contribution in [2.24, 2.45) is 5.92 Å². The van der Waals surface area contributed by atoms with Crippen molar-refractivity contribution >= 4 is 5.57 Å². The summed E-state index contributed by atoms with van der Waals surface area (Å²) in [4.78, 5) is 0. The van der Waals surface area contributed by atoms with E-state index in [1.54, 1.807) is 0 Å². The van der Waals surface area contributed by atoms with E-state index in [1.165, 1.54) is 44.5 Å². The lowest BCUT2D eigenvalue weighted by atomic mass is 9.67. The van der Waals surface area contributed by atoms with Crippen LogP contribution < -0.4 is 0 Å². The van der Waals surface area contributed by atoms with E-state index in [0.717, 1.165) is 6.42 Å². The zero-order valence-corrected chi connectivity index (χ0v) is 18.3. The first-order chi connectivity index (χ1) is 15.8. The number of rotatable bonds is 3. The molecule has 2 aliphatic carbocycles. The SMILES string of the molecule is C[C@H]1C=CC(c2cccc3c2-c2ccccc2C3(c2ccccc2)c2ccccc2)=CC1. The van der Waals surface area contributed by atoms with Crippen molar-refractivity contribution in [3.05, 3.63) is 149 Å². The maximum absolute atomic E-state index is 2.41. The maximum Gasteiger partial charge on any atom is 0.0713 e. The molecule has 32 heavy (non-hydrogen) atoms. The standard InChI is InChI=1S/C32H26/c1-23-19-21-24(22-20-23)27-16-10-18-30-31(27)28-15-8-9-17-29(28)32(30,25-11-4-2-5-12-25)26-13-6-3-7-14-26/h2-19,21-23H,20H2,1H3/t23-/m0/s1. The second-order valence-electron chi connectivity index (χ2n) is 8.99. The van der Waals surface area contributed by atoms with Crippen LogP contribution in [0.4, 0.5) is 0 Å². The molecule has 0 aromatic heterocycles. The van der Waals surface area contributed by atoms with Crippen molar-refractivity contribution < 1.29 is 0 Å². The molecular formula is C32H26. The first-order valence-corrected chi connectivity index (χ1v) is 11.5. The third kappa shape index (κ3) is 2.69. The molecular weight excluding hydrogens is 384 g/mol. The maximum atomic E-state index is 2.41. The third-order valence-electron chi connectivity index (χ3n) is 7.11. The van der Waals surface area contributed by atoms with Gasteiger partial charge in [0.15, 0.2) is 0 Å². The van der Waals surface area contributed by atoms with Crippen molar-refractivity contribution in [2.75, 3.05) is 0 Å². The highest BCUT2D eigenvalue weighted by molar-refractivity contribution is 5.95. The van der Waals surface area contributed by atoms with Gasteiger partial charge in [-0.05, 0) is 56.9 Å². The highest BCUT2D eigenvalue weighted by Gasteiger charge is 2.46. The molecule has 6 rings (SSSR count). The van der Waals surface area contributed by atoms with Crippen LogP contribution in [0.5, 0.6) is 0 Å². The van der Waals surface area contributed by atoms with Crippen LogP contribution in [0.25, 0.3) is 16.7 Å². The molecule has 2 aliphatic rings. The van der Waals surface area contributed by atoms with Gasteiger partial charge in [0.1, 0.15) is 0 Å². The zero-order chi connectivity index (χ0) is 21.5. The monoisotopic (exact) mass is 410 g/mol. The Morgan fingerprint density at radius 2 is 1.22 bits per heavy atom. The van der Waals surface area contributed by atoms with Gasteiger partial charge in [-0.25, -0.2) is 0 Å². The van der Waals surface area contributed by atoms with Crippen LogP contribution in [0.1, 0.15) is 41.2 Å². The third-order valence-corrected chi connectivity index (χ3v) is 7.11. The summed E-state index contributed by atoms with van der Waals surface area (Å²) in [7, 11) is 0. The molecule has 0 saturated carbocycles. The van der Waals surface area contributed by atoms with Gasteiger partial charge in [-0.1, -0.05) is 128 Å². The van der Waals surface area contributed by atoms with Crippen LogP contribution in [0.15, 0.2) is 121 Å². The van der Waals surface area contributed by atoms with Crippen LogP contribution >= 0.6 is 0 Å². The molecule has 4 aromatic rings. The molecule has 0 heteroatoms. The molecule has 1 atom stereocenters. The van der Waals surface area contributed by atoms with Crippen LogP contribution in [-0.4, -0.2) is 0 Å². The summed E-state index contributed by atoms with van der Waals surface area (Å²) in [6.07, 6.45) is 8.17. The molecule has 0 saturated heterocycles. The summed E-state index contributed by atoms with van der Waals surface area (Å²) in [6, 6.07) is 37.9. The van der Waals surface area contributed by atoms with Crippen LogP contribution in [0.2, 0.25) is 0 Å². The molecule has 0 nitrogen and oxygen atoms in total. The number of hydrogen-bond donors (Lipinski definition) is 0. The smallest absolute Gasteiger partial charge is 0.0713 e. The minimum atomic E-state index is -0.323. The molecule has 0 fully saturated rings. The van der Waals surface area contributed by atoms with Gasteiger partial charge in [-0.3, -0.25) is 0 Å². The lowest BCUT2D eigenvalue weighted by molar-refractivity contribution is 0.739. The summed E-state index contributed by atoms with van der Waals surface area (Å²) in [5, 5.41) is 0. The van der Waals surface area contributed by atoms with Crippen molar-refractivity contribution in [3.63, 3.8) is 0 Å². The van der Waals surface area contributed by atoms with E-state index in [0.29, 0.717) is 5.92 Å². The summed E-state index contributed by atoms with van der Waals surface area (Å²) >= 11 is 0. The summed E-state index contributed by atoms with van der Waals surface area (Å²) in [5.74, 6) is 0.607. The van der Waals surface area contributed by atoms with E-state index >= 15 is 0 Å². The van der Waals surface area contributed by atoms with Gasteiger partial charge >= 0.3 is 0 Å². The van der Waals surface area contributed by atoms with E-state index in [2.05, 4.69) is 128 Å². The lowest BCUT2D eigenvalue weighted by Gasteiger charge is -2.34. The van der Waals surface area contributed by atoms with Gasteiger partial charge in [-0.15, -0.1) is 0 Å². The quantitative estimate of drug-likeness (QED) is 0.282. The van der Waals surface area contributed by atoms with Crippen molar-refractivity contribution in [2.45, 2.75) is 18.8 Å². The Morgan fingerprint density at radius 1 is 0.625 bits per heavy atom. The van der Waals surface area contributed by atoms with E-state index in [1.807, 2.05) is 0 Å². The van der Waals surface area contributed by atoms with Crippen LogP contribution in [-0.2, 0) is 5.41 Å². The van der Waals surface area contributed by atoms with Gasteiger partial charge in [0.25, 0.3) is 0 Å². The fourth-order valence-corrected chi connectivity index (χ4v) is 5.66. The number of allylic oxidation sites excluding steroid dienone is 4. The molecule has 0 amide bonds. The van der Waals surface area contributed by atoms with Crippen molar-refractivity contribution in [1.29, 1.82) is 0 Å². The van der Waals surface area contributed by atoms with E-state index in [9.17, 15) is 0 Å². The zero-order valence-electron chi connectivity index (χ0n) is 18.3. The summed E-state index contributed by atoms with van der Waals surface area (Å²) in [6.45, 7) is 2.28. The summed E-state index contributed by atoms with van der Waals surface area (Å²) < 4.78 is 0. The first-order valence-electron chi connectivity index (χ1n) is 11.5. The average molecular weight is 411 g/mol. The Balaban J connectivity index is 1.73. The number of hydrogen-bond acceptors (Lipinski definition) is 0. The highest BCUT2D eigenvalue weighted by atomic mass is 14.5. The Kier molecular flexibility index (Phi) is 4.47. The molecule has 0 bridgehead atoms. The van der Waals surface area contributed by atoms with Gasteiger partial charge in [-0.2, -0.15) is 0 Å². The van der Waals surface area contributed by atoms with Crippen LogP contribution in [0, 0.1) is 5.92 Å². The van der Waals surface area contributed by atoms with Gasteiger partial charge in [0.05, 0.1) is 5.41 Å². The van der Waals surface area contributed by atoms with E-state index in [4.69, 9.17) is 0 Å². The van der Waals surface area contributed by atoms with E-state index in [-0.39, 0.29) is 5.41 Å². The highest BCUT2D eigenvalue weighted by Crippen LogP contribution is 2.57. The predicted octanol–water partition coefficient (Wildman–Crippen LogP) is 8.03. The Hall–Kier alpha value is -3.64. The lowest BCUT2D eigenvalue weighted by Crippen LogP contribution is -2.28. The summed E-state index contributed by atoms with van der Waals surface area (Å²) in [5.41, 5.74) is 10.5. The minimum Gasteiger partial charge on any atom is -0.0808 e. The topological polar surface area (TPSA) is 0 Å².